The predicted molar refractivity (Wildman–Crippen MR) is 112 cm³/mol. The number of rotatable bonds is 5. The Bertz CT molecular complexity index is 1030. The molecule has 2 aromatic carbocycles. The first-order chi connectivity index (χ1) is 14.6. The third-order valence-corrected chi connectivity index (χ3v) is 5.19. The number of hydrogen-bond acceptors (Lipinski definition) is 6. The Morgan fingerprint density at radius 3 is 2.70 bits per heavy atom. The van der Waals surface area contributed by atoms with Gasteiger partial charge in [0.2, 0.25) is 11.7 Å². The van der Waals surface area contributed by atoms with Crippen LogP contribution < -0.4 is 14.8 Å². The van der Waals surface area contributed by atoms with Crippen LogP contribution in [0.4, 0.5) is 10.5 Å². The first-order valence-electron chi connectivity index (χ1n) is 9.79. The Balaban J connectivity index is 1.52. The zero-order chi connectivity index (χ0) is 21.1. The van der Waals surface area contributed by atoms with Gasteiger partial charge in [-0.25, -0.2) is 4.79 Å². The first kappa shape index (κ1) is 19.8. The van der Waals surface area contributed by atoms with E-state index in [1.807, 2.05) is 49.4 Å². The fourth-order valence-electron chi connectivity index (χ4n) is 3.60. The van der Waals surface area contributed by atoms with Gasteiger partial charge in [0.1, 0.15) is 17.5 Å². The van der Waals surface area contributed by atoms with Gasteiger partial charge in [-0.15, -0.1) is 0 Å². The maximum Gasteiger partial charge on any atom is 0.322 e. The molecule has 3 aromatic rings. The molecule has 1 aromatic heterocycles. The van der Waals surface area contributed by atoms with E-state index in [0.29, 0.717) is 29.7 Å². The minimum absolute atomic E-state index is 0.217. The molecule has 0 saturated carbocycles. The van der Waals surface area contributed by atoms with Gasteiger partial charge in [-0.3, -0.25) is 0 Å². The van der Waals surface area contributed by atoms with Crippen LogP contribution >= 0.6 is 0 Å². The van der Waals surface area contributed by atoms with E-state index in [1.165, 1.54) is 0 Å². The van der Waals surface area contributed by atoms with E-state index in [2.05, 4.69) is 15.5 Å². The van der Waals surface area contributed by atoms with Gasteiger partial charge in [0.05, 0.1) is 19.9 Å². The summed E-state index contributed by atoms with van der Waals surface area (Å²) < 4.78 is 16.1. The molecule has 4 rings (SSSR count). The maximum atomic E-state index is 13.0. The van der Waals surface area contributed by atoms with E-state index in [4.69, 9.17) is 14.0 Å². The van der Waals surface area contributed by atoms with E-state index in [0.717, 1.165) is 29.7 Å². The van der Waals surface area contributed by atoms with Crippen molar-refractivity contribution >= 4 is 11.7 Å². The number of amides is 2. The molecule has 0 bridgehead atoms. The summed E-state index contributed by atoms with van der Waals surface area (Å²) in [4.78, 5) is 19.3. The molecule has 30 heavy (non-hydrogen) atoms. The zero-order valence-electron chi connectivity index (χ0n) is 17.2. The third kappa shape index (κ3) is 3.94. The van der Waals surface area contributed by atoms with E-state index in [-0.39, 0.29) is 12.1 Å². The summed E-state index contributed by atoms with van der Waals surface area (Å²) in [6, 6.07) is 12.6. The zero-order valence-corrected chi connectivity index (χ0v) is 17.2. The van der Waals surface area contributed by atoms with Gasteiger partial charge in [-0.2, -0.15) is 4.98 Å². The van der Waals surface area contributed by atoms with Crippen molar-refractivity contribution in [1.82, 2.24) is 15.0 Å². The fraction of sp³-hybridized carbons (Fsp3) is 0.318. The van der Waals surface area contributed by atoms with Crippen LogP contribution in [0.15, 0.2) is 47.0 Å². The quantitative estimate of drug-likeness (QED) is 0.672. The van der Waals surface area contributed by atoms with Crippen LogP contribution in [0.2, 0.25) is 0 Å². The molecule has 0 aliphatic carbocycles. The molecule has 156 valence electrons. The fourth-order valence-corrected chi connectivity index (χ4v) is 3.60. The average molecular weight is 408 g/mol. The van der Waals surface area contributed by atoms with E-state index in [1.54, 1.807) is 19.1 Å². The van der Waals surface area contributed by atoms with Gasteiger partial charge in [0, 0.05) is 12.1 Å². The Labute approximate surface area is 174 Å². The standard InChI is InChI=1S/C22H24N4O4/c1-14-6-11-19(29-3)17(13-14)23-22(27)26-12-4-5-18(26)21-24-20(25-30-21)15-7-9-16(28-2)10-8-15/h6-11,13,18H,4-5,12H2,1-3H3,(H,23,27)/t18-/m1/s1. The highest BCUT2D eigenvalue weighted by atomic mass is 16.5. The van der Waals surface area contributed by atoms with Crippen molar-refractivity contribution in [2.75, 3.05) is 26.1 Å². The molecule has 2 heterocycles. The summed E-state index contributed by atoms with van der Waals surface area (Å²) in [5, 5.41) is 7.05. The number of urea groups is 1. The number of hydrogen-bond donors (Lipinski definition) is 1. The Morgan fingerprint density at radius 1 is 1.17 bits per heavy atom. The molecular weight excluding hydrogens is 384 g/mol. The lowest BCUT2D eigenvalue weighted by atomic mass is 10.2. The molecule has 0 radical (unpaired) electrons. The second kappa shape index (κ2) is 8.44. The molecule has 1 atom stereocenters. The maximum absolute atomic E-state index is 13.0. The van der Waals surface area contributed by atoms with E-state index >= 15 is 0 Å². The number of carbonyl (C=O) groups is 1. The lowest BCUT2D eigenvalue weighted by Gasteiger charge is -2.23. The van der Waals surface area contributed by atoms with Crippen molar-refractivity contribution in [2.45, 2.75) is 25.8 Å². The van der Waals surface area contributed by atoms with Crippen LogP contribution in [-0.2, 0) is 0 Å². The highest BCUT2D eigenvalue weighted by molar-refractivity contribution is 5.91. The summed E-state index contributed by atoms with van der Waals surface area (Å²) in [6.45, 7) is 2.58. The van der Waals surface area contributed by atoms with Gasteiger partial charge in [-0.05, 0) is 61.7 Å². The third-order valence-electron chi connectivity index (χ3n) is 5.19. The molecule has 1 saturated heterocycles. The molecular formula is C22H24N4O4. The topological polar surface area (TPSA) is 89.7 Å². The molecule has 1 fully saturated rings. The van der Waals surface area contributed by atoms with Crippen LogP contribution in [0.3, 0.4) is 0 Å². The second-order valence-corrected chi connectivity index (χ2v) is 7.17. The van der Waals surface area contributed by atoms with Gasteiger partial charge in [0.25, 0.3) is 0 Å². The van der Waals surface area contributed by atoms with Crippen molar-refractivity contribution < 1.29 is 18.8 Å². The Hall–Kier alpha value is -3.55. The number of benzene rings is 2. The number of likely N-dealkylation sites (tertiary alicyclic amines) is 1. The van der Waals surface area contributed by atoms with E-state index in [9.17, 15) is 4.79 Å². The molecule has 1 aliphatic rings. The molecule has 0 unspecified atom stereocenters. The number of aromatic nitrogens is 2. The summed E-state index contributed by atoms with van der Waals surface area (Å²) in [7, 11) is 3.20. The SMILES string of the molecule is COc1ccc(-c2noc([C@H]3CCCN3C(=O)Nc3cc(C)ccc3OC)n2)cc1. The number of anilines is 1. The molecule has 8 heteroatoms. The summed E-state index contributed by atoms with van der Waals surface area (Å²) in [5.41, 5.74) is 2.49. The van der Waals surface area contributed by atoms with Crippen molar-refractivity contribution in [3.05, 3.63) is 53.9 Å². The average Bonchev–Trinajstić information content (AvgIpc) is 3.43. The van der Waals surface area contributed by atoms with Crippen molar-refractivity contribution in [3.63, 3.8) is 0 Å². The number of nitrogens with zero attached hydrogens (tertiary/aromatic N) is 3. The van der Waals surface area contributed by atoms with Gasteiger partial charge < -0.3 is 24.2 Å². The lowest BCUT2D eigenvalue weighted by molar-refractivity contribution is 0.193. The normalized spacial score (nSPS) is 15.8. The largest absolute Gasteiger partial charge is 0.497 e. The van der Waals surface area contributed by atoms with Crippen LogP contribution in [-0.4, -0.2) is 41.8 Å². The van der Waals surface area contributed by atoms with Crippen LogP contribution in [0, 0.1) is 6.92 Å². The Kier molecular flexibility index (Phi) is 5.56. The number of aryl methyl sites for hydroxylation is 1. The monoisotopic (exact) mass is 408 g/mol. The minimum atomic E-state index is -0.264. The second-order valence-electron chi connectivity index (χ2n) is 7.17. The predicted octanol–water partition coefficient (Wildman–Crippen LogP) is 4.43. The smallest absolute Gasteiger partial charge is 0.322 e. The highest BCUT2D eigenvalue weighted by Gasteiger charge is 2.34. The van der Waals surface area contributed by atoms with Crippen molar-refractivity contribution in [1.29, 1.82) is 0 Å². The summed E-state index contributed by atoms with van der Waals surface area (Å²) in [6.07, 6.45) is 1.63. The van der Waals surface area contributed by atoms with Gasteiger partial charge in [-0.1, -0.05) is 11.2 Å². The molecule has 1 aliphatic heterocycles. The number of nitrogens with one attached hydrogen (secondary N) is 1. The van der Waals surface area contributed by atoms with Crippen molar-refractivity contribution in [3.8, 4) is 22.9 Å². The summed E-state index contributed by atoms with van der Waals surface area (Å²) >= 11 is 0. The van der Waals surface area contributed by atoms with Crippen LogP contribution in [0.5, 0.6) is 11.5 Å². The minimum Gasteiger partial charge on any atom is -0.497 e. The summed E-state index contributed by atoms with van der Waals surface area (Å²) in [5.74, 6) is 2.29. The van der Waals surface area contributed by atoms with Crippen LogP contribution in [0.1, 0.15) is 30.3 Å². The first-order valence-corrected chi connectivity index (χ1v) is 9.79. The number of methoxy groups -OCH3 is 2. The van der Waals surface area contributed by atoms with Crippen molar-refractivity contribution in [2.24, 2.45) is 0 Å². The van der Waals surface area contributed by atoms with E-state index < -0.39 is 0 Å². The molecule has 1 N–H and O–H groups in total. The Morgan fingerprint density at radius 2 is 1.97 bits per heavy atom. The molecule has 2 amide bonds. The molecule has 0 spiro atoms. The van der Waals surface area contributed by atoms with Crippen LogP contribution in [0.25, 0.3) is 11.4 Å². The van der Waals surface area contributed by atoms with Gasteiger partial charge >= 0.3 is 6.03 Å². The molecule has 8 nitrogen and oxygen atoms in total. The van der Waals surface area contributed by atoms with Gasteiger partial charge in [0.15, 0.2) is 0 Å². The lowest BCUT2D eigenvalue weighted by Crippen LogP contribution is -2.34. The number of ether oxygens (including phenoxy) is 2. The number of carbonyl (C=O) groups excluding carboxylic acids is 1. The highest BCUT2D eigenvalue weighted by Crippen LogP contribution is 2.34.